The number of nitrogens with one attached hydrogen (secondary N) is 1. The van der Waals surface area contributed by atoms with Crippen molar-refractivity contribution >= 4 is 21.8 Å². The number of carbonyl (C=O) groups is 1. The molecule has 0 aromatic heterocycles. The Balaban J connectivity index is 2.24. The molecule has 1 amide bonds. The van der Waals surface area contributed by atoms with Crippen LogP contribution in [0, 0.1) is 5.82 Å². The number of hydrogen-bond donors (Lipinski definition) is 1. The fourth-order valence-electron chi connectivity index (χ4n) is 1.61. The van der Waals surface area contributed by atoms with Gasteiger partial charge in [-0.3, -0.25) is 4.79 Å². The third-order valence-electron chi connectivity index (χ3n) is 2.72. The molecule has 4 heteroatoms. The molecule has 100 valence electrons. The molecule has 0 aliphatic carbocycles. The van der Waals surface area contributed by atoms with Gasteiger partial charge in [0.1, 0.15) is 5.82 Å². The van der Waals surface area contributed by atoms with Crippen molar-refractivity contribution in [2.24, 2.45) is 0 Å². The number of carbonyl (C=O) groups excluding carboxylic acids is 1. The Morgan fingerprint density at radius 2 is 2.06 bits per heavy atom. The molecule has 18 heavy (non-hydrogen) atoms. The molecule has 0 fully saturated rings. The molecule has 0 saturated carbocycles. The maximum atomic E-state index is 12.7. The Bertz CT molecular complexity index is 367. The van der Waals surface area contributed by atoms with Gasteiger partial charge in [0.25, 0.3) is 0 Å². The summed E-state index contributed by atoms with van der Waals surface area (Å²) in [7, 11) is 0. The molecule has 1 rings (SSSR count). The summed E-state index contributed by atoms with van der Waals surface area (Å²) in [6, 6.07) is 6.35. The van der Waals surface area contributed by atoms with Gasteiger partial charge in [-0.15, -0.1) is 0 Å². The first-order valence-corrected chi connectivity index (χ1v) is 7.21. The lowest BCUT2D eigenvalue weighted by Gasteiger charge is -2.10. The molecule has 1 atom stereocenters. The lowest BCUT2D eigenvalue weighted by atomic mass is 10.1. The first-order chi connectivity index (χ1) is 8.63. The third kappa shape index (κ3) is 5.63. The van der Waals surface area contributed by atoms with E-state index in [4.69, 9.17) is 0 Å². The van der Waals surface area contributed by atoms with Crippen molar-refractivity contribution in [2.45, 2.75) is 37.4 Å². The van der Waals surface area contributed by atoms with Crippen LogP contribution in [0.5, 0.6) is 0 Å². The van der Waals surface area contributed by atoms with Gasteiger partial charge in [0.05, 0.1) is 4.83 Å². The minimum Gasteiger partial charge on any atom is -0.355 e. The van der Waals surface area contributed by atoms with E-state index >= 15 is 0 Å². The van der Waals surface area contributed by atoms with Gasteiger partial charge in [-0.05, 0) is 30.5 Å². The monoisotopic (exact) mass is 315 g/mol. The van der Waals surface area contributed by atoms with Gasteiger partial charge < -0.3 is 5.32 Å². The summed E-state index contributed by atoms with van der Waals surface area (Å²) in [4.78, 5) is 11.6. The summed E-state index contributed by atoms with van der Waals surface area (Å²) in [6.45, 7) is 2.69. The topological polar surface area (TPSA) is 29.1 Å². The van der Waals surface area contributed by atoms with Crippen molar-refractivity contribution in [1.82, 2.24) is 5.32 Å². The predicted molar refractivity (Wildman–Crippen MR) is 75.4 cm³/mol. The molecule has 0 radical (unpaired) electrons. The lowest BCUT2D eigenvalue weighted by Crippen LogP contribution is -2.32. The van der Waals surface area contributed by atoms with Gasteiger partial charge in [0.15, 0.2) is 0 Å². The molecule has 1 N–H and O–H groups in total. The first kappa shape index (κ1) is 15.2. The molecule has 1 aromatic carbocycles. The number of unbranched alkanes of at least 4 members (excludes halogenated alkanes) is 1. The Morgan fingerprint density at radius 1 is 1.39 bits per heavy atom. The predicted octanol–water partition coefficient (Wildman–Crippen LogP) is 3.44. The maximum Gasteiger partial charge on any atom is 0.233 e. The largest absolute Gasteiger partial charge is 0.355 e. The van der Waals surface area contributed by atoms with E-state index in [0.717, 1.165) is 31.2 Å². The van der Waals surface area contributed by atoms with Crippen LogP contribution in [0.3, 0.4) is 0 Å². The summed E-state index contributed by atoms with van der Waals surface area (Å²) in [6.07, 6.45) is 3.71. The summed E-state index contributed by atoms with van der Waals surface area (Å²) in [5, 5.41) is 2.87. The Hall–Kier alpha value is -0.900. The van der Waals surface area contributed by atoms with Crippen LogP contribution in [0.15, 0.2) is 24.3 Å². The second-order valence-electron chi connectivity index (χ2n) is 4.28. The van der Waals surface area contributed by atoms with E-state index in [1.165, 1.54) is 12.1 Å². The second-order valence-corrected chi connectivity index (χ2v) is 5.38. The van der Waals surface area contributed by atoms with Crippen LogP contribution in [-0.2, 0) is 11.2 Å². The smallest absolute Gasteiger partial charge is 0.233 e. The normalized spacial score (nSPS) is 12.2. The van der Waals surface area contributed by atoms with Gasteiger partial charge >= 0.3 is 0 Å². The number of amides is 1. The molecular weight excluding hydrogens is 297 g/mol. The molecule has 0 saturated heterocycles. The standard InChI is InChI=1S/C14H19BrFNO/c1-2-3-4-13(15)14(18)17-10-9-11-5-7-12(16)8-6-11/h5-8,13H,2-4,9-10H2,1H3,(H,17,18). The molecule has 2 nitrogen and oxygen atoms in total. The minimum absolute atomic E-state index is 0.0329. The molecule has 0 aliphatic heterocycles. The lowest BCUT2D eigenvalue weighted by molar-refractivity contribution is -0.120. The Labute approximate surface area is 116 Å². The van der Waals surface area contributed by atoms with Gasteiger partial charge in [0.2, 0.25) is 5.91 Å². The van der Waals surface area contributed by atoms with E-state index in [1.807, 2.05) is 0 Å². The van der Waals surface area contributed by atoms with Crippen LogP contribution in [0.1, 0.15) is 31.7 Å². The number of hydrogen-bond acceptors (Lipinski definition) is 1. The third-order valence-corrected chi connectivity index (χ3v) is 3.60. The first-order valence-electron chi connectivity index (χ1n) is 6.29. The van der Waals surface area contributed by atoms with E-state index in [1.54, 1.807) is 12.1 Å². The zero-order valence-corrected chi connectivity index (χ0v) is 12.2. The molecule has 1 unspecified atom stereocenters. The molecule has 0 bridgehead atoms. The number of rotatable bonds is 7. The maximum absolute atomic E-state index is 12.7. The van der Waals surface area contributed by atoms with E-state index < -0.39 is 0 Å². The molecule has 0 heterocycles. The van der Waals surface area contributed by atoms with E-state index in [0.29, 0.717) is 6.54 Å². The van der Waals surface area contributed by atoms with E-state index in [2.05, 4.69) is 28.2 Å². The van der Waals surface area contributed by atoms with Gasteiger partial charge in [0, 0.05) is 6.54 Å². The van der Waals surface area contributed by atoms with Gasteiger partial charge in [-0.1, -0.05) is 47.8 Å². The van der Waals surface area contributed by atoms with E-state index in [9.17, 15) is 9.18 Å². The van der Waals surface area contributed by atoms with Crippen LogP contribution >= 0.6 is 15.9 Å². The molecule has 0 spiro atoms. The molecule has 1 aromatic rings. The number of benzene rings is 1. The Morgan fingerprint density at radius 3 is 2.67 bits per heavy atom. The molecule has 0 aliphatic rings. The summed E-state index contributed by atoms with van der Waals surface area (Å²) in [5.74, 6) is -0.201. The zero-order valence-electron chi connectivity index (χ0n) is 10.6. The highest BCUT2D eigenvalue weighted by Crippen LogP contribution is 2.10. The van der Waals surface area contributed by atoms with Crippen molar-refractivity contribution in [2.75, 3.05) is 6.54 Å². The minimum atomic E-state index is -0.233. The van der Waals surface area contributed by atoms with Crippen LogP contribution < -0.4 is 5.32 Å². The zero-order chi connectivity index (χ0) is 13.4. The fraction of sp³-hybridized carbons (Fsp3) is 0.500. The van der Waals surface area contributed by atoms with E-state index in [-0.39, 0.29) is 16.6 Å². The Kier molecular flexibility index (Phi) is 6.94. The van der Waals surface area contributed by atoms with Crippen LogP contribution in [-0.4, -0.2) is 17.3 Å². The van der Waals surface area contributed by atoms with Crippen molar-refractivity contribution < 1.29 is 9.18 Å². The SMILES string of the molecule is CCCCC(Br)C(=O)NCCc1ccc(F)cc1. The van der Waals surface area contributed by atoms with Gasteiger partial charge in [-0.2, -0.15) is 0 Å². The highest BCUT2D eigenvalue weighted by atomic mass is 79.9. The fourth-order valence-corrected chi connectivity index (χ4v) is 2.09. The van der Waals surface area contributed by atoms with Crippen molar-refractivity contribution in [3.05, 3.63) is 35.6 Å². The highest BCUT2D eigenvalue weighted by molar-refractivity contribution is 9.10. The summed E-state index contributed by atoms with van der Waals surface area (Å²) in [5.41, 5.74) is 1.02. The van der Waals surface area contributed by atoms with Crippen molar-refractivity contribution in [1.29, 1.82) is 0 Å². The summed E-state index contributed by atoms with van der Waals surface area (Å²) < 4.78 is 12.7. The van der Waals surface area contributed by atoms with Crippen LogP contribution in [0.25, 0.3) is 0 Å². The van der Waals surface area contributed by atoms with Crippen molar-refractivity contribution in [3.8, 4) is 0 Å². The molecular formula is C14H19BrFNO. The number of alkyl halides is 1. The van der Waals surface area contributed by atoms with Gasteiger partial charge in [-0.25, -0.2) is 4.39 Å². The van der Waals surface area contributed by atoms with Crippen LogP contribution in [0.4, 0.5) is 4.39 Å². The van der Waals surface area contributed by atoms with Crippen molar-refractivity contribution in [3.63, 3.8) is 0 Å². The van der Waals surface area contributed by atoms with Crippen LogP contribution in [0.2, 0.25) is 0 Å². The average Bonchev–Trinajstić information content (AvgIpc) is 2.38. The highest BCUT2D eigenvalue weighted by Gasteiger charge is 2.12. The number of halogens is 2. The summed E-state index contributed by atoms with van der Waals surface area (Å²) >= 11 is 3.38. The quantitative estimate of drug-likeness (QED) is 0.767. The second kappa shape index (κ2) is 8.25. The average molecular weight is 316 g/mol.